The number of aryl methyl sites for hydroxylation is 1. The van der Waals surface area contributed by atoms with Crippen LogP contribution in [0.25, 0.3) is 22.0 Å². The van der Waals surface area contributed by atoms with Gasteiger partial charge in [0.1, 0.15) is 5.69 Å². The molecular formula is C26H27ClN5O2S+. The molecule has 9 heteroatoms. The average molecular weight is 509 g/mol. The van der Waals surface area contributed by atoms with Crippen LogP contribution in [0.3, 0.4) is 0 Å². The third kappa shape index (κ3) is 4.75. The Morgan fingerprint density at radius 3 is 2.34 bits per heavy atom. The molecule has 7 nitrogen and oxygen atoms in total. The van der Waals surface area contributed by atoms with Crippen LogP contribution in [-0.4, -0.2) is 56.1 Å². The van der Waals surface area contributed by atoms with Crippen molar-refractivity contribution >= 4 is 43.9 Å². The number of hydrogen-bond donors (Lipinski definition) is 2. The van der Waals surface area contributed by atoms with Crippen LogP contribution in [0.4, 0.5) is 11.5 Å². The van der Waals surface area contributed by atoms with E-state index < -0.39 is 10.0 Å². The second kappa shape index (κ2) is 9.54. The molecular weight excluding hydrogens is 482 g/mol. The molecule has 0 bridgehead atoms. The molecule has 1 aliphatic heterocycles. The van der Waals surface area contributed by atoms with Gasteiger partial charge in [0.05, 0.1) is 38.1 Å². The largest absolute Gasteiger partial charge is 0.338 e. The average Bonchev–Trinajstić information content (AvgIpc) is 2.86. The van der Waals surface area contributed by atoms with Gasteiger partial charge < -0.3 is 10.2 Å². The smallest absolute Gasteiger partial charge is 0.243 e. The number of quaternary nitrogens is 1. The van der Waals surface area contributed by atoms with Gasteiger partial charge in [-0.3, -0.25) is 0 Å². The topological polar surface area (TPSA) is 79.6 Å². The Balaban J connectivity index is 1.55. The highest BCUT2D eigenvalue weighted by molar-refractivity contribution is 7.89. The fraction of sp³-hybridized carbons (Fsp3) is 0.231. The van der Waals surface area contributed by atoms with Crippen molar-refractivity contribution in [3.63, 3.8) is 0 Å². The molecule has 0 saturated carbocycles. The first-order valence-electron chi connectivity index (χ1n) is 11.5. The Morgan fingerprint density at radius 2 is 1.63 bits per heavy atom. The predicted molar refractivity (Wildman–Crippen MR) is 140 cm³/mol. The maximum absolute atomic E-state index is 13.5. The van der Waals surface area contributed by atoms with Crippen LogP contribution in [0.15, 0.2) is 71.6 Å². The SMILES string of the molecule is Cc1ccc(-c2nnc(Nc3ccc(Cl)cc3)c3ccccc23)cc1S(=O)(=O)N1CC[NH+](C)CC1. The molecule has 0 spiro atoms. The van der Waals surface area contributed by atoms with E-state index in [1.165, 1.54) is 4.90 Å². The summed E-state index contributed by atoms with van der Waals surface area (Å²) in [7, 11) is -1.52. The number of fused-ring (bicyclic) bond motifs is 1. The van der Waals surface area contributed by atoms with Crippen LogP contribution in [0, 0.1) is 6.92 Å². The zero-order valence-electron chi connectivity index (χ0n) is 19.6. The lowest BCUT2D eigenvalue weighted by atomic mass is 10.0. The molecule has 0 aliphatic carbocycles. The highest BCUT2D eigenvalue weighted by Gasteiger charge is 2.30. The van der Waals surface area contributed by atoms with Crippen molar-refractivity contribution in [3.8, 4) is 11.3 Å². The molecule has 0 radical (unpaired) electrons. The van der Waals surface area contributed by atoms with Gasteiger partial charge in [0.25, 0.3) is 0 Å². The van der Waals surface area contributed by atoms with Gasteiger partial charge in [-0.25, -0.2) is 8.42 Å². The molecule has 0 unspecified atom stereocenters. The van der Waals surface area contributed by atoms with Gasteiger partial charge in [-0.2, -0.15) is 4.31 Å². The molecule has 0 atom stereocenters. The van der Waals surface area contributed by atoms with Crippen molar-refractivity contribution in [2.45, 2.75) is 11.8 Å². The highest BCUT2D eigenvalue weighted by Crippen LogP contribution is 2.33. The summed E-state index contributed by atoms with van der Waals surface area (Å²) in [4.78, 5) is 1.67. The Labute approximate surface area is 210 Å². The number of nitrogens with one attached hydrogen (secondary N) is 2. The van der Waals surface area contributed by atoms with Crippen molar-refractivity contribution in [2.24, 2.45) is 0 Å². The van der Waals surface area contributed by atoms with Gasteiger partial charge in [0.15, 0.2) is 5.82 Å². The normalized spacial score (nSPS) is 15.4. The van der Waals surface area contributed by atoms with E-state index in [9.17, 15) is 8.42 Å². The lowest BCUT2D eigenvalue weighted by Gasteiger charge is -2.29. The molecule has 2 heterocycles. The summed E-state index contributed by atoms with van der Waals surface area (Å²) in [6.07, 6.45) is 0. The molecule has 1 fully saturated rings. The van der Waals surface area contributed by atoms with E-state index in [2.05, 4.69) is 22.6 Å². The van der Waals surface area contributed by atoms with E-state index in [0.717, 1.165) is 40.7 Å². The summed E-state index contributed by atoms with van der Waals surface area (Å²) in [5.41, 5.74) is 2.93. The van der Waals surface area contributed by atoms with Crippen LogP contribution in [-0.2, 0) is 10.0 Å². The molecule has 4 aromatic rings. The summed E-state index contributed by atoms with van der Waals surface area (Å²) in [5.74, 6) is 0.617. The number of sulfonamides is 1. The number of aromatic nitrogens is 2. The van der Waals surface area contributed by atoms with Crippen LogP contribution in [0.2, 0.25) is 5.02 Å². The zero-order chi connectivity index (χ0) is 24.6. The van der Waals surface area contributed by atoms with Crippen molar-refractivity contribution < 1.29 is 13.3 Å². The molecule has 1 saturated heterocycles. The number of piperazine rings is 1. The minimum absolute atomic E-state index is 0.323. The maximum atomic E-state index is 13.5. The second-order valence-electron chi connectivity index (χ2n) is 8.92. The lowest BCUT2D eigenvalue weighted by molar-refractivity contribution is -0.883. The fourth-order valence-corrected chi connectivity index (χ4v) is 6.17. The second-order valence-corrected chi connectivity index (χ2v) is 11.3. The third-order valence-corrected chi connectivity index (χ3v) is 8.74. The number of anilines is 2. The Kier molecular flexibility index (Phi) is 6.46. The molecule has 180 valence electrons. The van der Waals surface area contributed by atoms with E-state index in [1.54, 1.807) is 10.4 Å². The molecule has 5 rings (SSSR count). The number of benzene rings is 3. The van der Waals surface area contributed by atoms with E-state index in [-0.39, 0.29) is 0 Å². The van der Waals surface area contributed by atoms with Gasteiger partial charge in [-0.05, 0) is 42.8 Å². The van der Waals surface area contributed by atoms with Gasteiger partial charge in [-0.15, -0.1) is 10.2 Å². The van der Waals surface area contributed by atoms with Crippen LogP contribution in [0.1, 0.15) is 5.56 Å². The van der Waals surface area contributed by atoms with Gasteiger partial charge in [0.2, 0.25) is 10.0 Å². The maximum Gasteiger partial charge on any atom is 0.243 e. The molecule has 1 aliphatic rings. The van der Waals surface area contributed by atoms with Crippen LogP contribution in [0.5, 0.6) is 0 Å². The van der Waals surface area contributed by atoms with E-state index in [0.29, 0.717) is 34.5 Å². The van der Waals surface area contributed by atoms with Crippen molar-refractivity contribution in [1.82, 2.24) is 14.5 Å². The standard InChI is InChI=1S/C26H26ClN5O2S/c1-18-7-8-19(17-24(18)35(33,34)32-15-13-31(2)14-16-32)25-22-5-3-4-6-23(22)26(30-29-25)28-21-11-9-20(27)10-12-21/h3-12,17H,13-16H2,1-2H3,(H,28,30)/p+1. The minimum atomic E-state index is -3.60. The van der Waals surface area contributed by atoms with E-state index in [1.807, 2.05) is 67.6 Å². The third-order valence-electron chi connectivity index (χ3n) is 6.45. The van der Waals surface area contributed by atoms with Gasteiger partial charge in [-0.1, -0.05) is 48.0 Å². The van der Waals surface area contributed by atoms with Crippen LogP contribution >= 0.6 is 11.6 Å². The Hall–Kier alpha value is -3.04. The summed E-state index contributed by atoms with van der Waals surface area (Å²) in [6.45, 7) is 4.48. The monoisotopic (exact) mass is 508 g/mol. The molecule has 2 N–H and O–H groups in total. The number of halogens is 1. The van der Waals surface area contributed by atoms with Gasteiger partial charge in [0, 0.05) is 27.0 Å². The number of rotatable bonds is 5. The number of nitrogens with zero attached hydrogens (tertiary/aromatic N) is 3. The van der Waals surface area contributed by atoms with Crippen molar-refractivity contribution in [3.05, 3.63) is 77.3 Å². The molecule has 0 amide bonds. The molecule has 35 heavy (non-hydrogen) atoms. The van der Waals surface area contributed by atoms with Crippen molar-refractivity contribution in [2.75, 3.05) is 38.5 Å². The van der Waals surface area contributed by atoms with E-state index >= 15 is 0 Å². The number of hydrogen-bond acceptors (Lipinski definition) is 5. The van der Waals surface area contributed by atoms with E-state index in [4.69, 9.17) is 11.6 Å². The van der Waals surface area contributed by atoms with Crippen LogP contribution < -0.4 is 10.2 Å². The first-order valence-corrected chi connectivity index (χ1v) is 13.4. The summed E-state index contributed by atoms with van der Waals surface area (Å²) >= 11 is 6.01. The summed E-state index contributed by atoms with van der Waals surface area (Å²) in [5, 5.41) is 14.7. The first kappa shape index (κ1) is 23.7. The summed E-state index contributed by atoms with van der Waals surface area (Å²) < 4.78 is 28.6. The predicted octanol–water partition coefficient (Wildman–Crippen LogP) is 3.52. The quantitative estimate of drug-likeness (QED) is 0.431. The fourth-order valence-electron chi connectivity index (χ4n) is 4.35. The summed E-state index contributed by atoms with van der Waals surface area (Å²) in [6, 6.07) is 20.7. The Morgan fingerprint density at radius 1 is 0.943 bits per heavy atom. The minimum Gasteiger partial charge on any atom is -0.338 e. The molecule has 1 aromatic heterocycles. The highest BCUT2D eigenvalue weighted by atomic mass is 35.5. The van der Waals surface area contributed by atoms with Crippen molar-refractivity contribution in [1.29, 1.82) is 0 Å². The first-order chi connectivity index (χ1) is 16.8. The Bertz CT molecular complexity index is 1480. The number of likely N-dealkylation sites (N-methyl/N-ethyl adjacent to an activating group) is 1. The van der Waals surface area contributed by atoms with Gasteiger partial charge >= 0.3 is 0 Å². The lowest BCUT2D eigenvalue weighted by Crippen LogP contribution is -3.12. The molecule has 3 aromatic carbocycles. The zero-order valence-corrected chi connectivity index (χ0v) is 21.2.